The summed E-state index contributed by atoms with van der Waals surface area (Å²) in [5.74, 6) is 0.271. The normalized spacial score (nSPS) is 16.3. The second-order valence-corrected chi connectivity index (χ2v) is 7.90. The second kappa shape index (κ2) is 10.1. The predicted octanol–water partition coefficient (Wildman–Crippen LogP) is 3.82. The van der Waals surface area contributed by atoms with Crippen molar-refractivity contribution in [3.05, 3.63) is 84.1 Å². The van der Waals surface area contributed by atoms with Gasteiger partial charge in [0, 0.05) is 25.0 Å². The molecule has 1 saturated heterocycles. The number of benzene rings is 2. The van der Waals surface area contributed by atoms with Crippen LogP contribution in [0.1, 0.15) is 28.8 Å². The number of nitrogens with one attached hydrogen (secondary N) is 1. The summed E-state index contributed by atoms with van der Waals surface area (Å²) < 4.78 is 5.79. The van der Waals surface area contributed by atoms with Crippen LogP contribution in [0, 0.1) is 5.92 Å². The molecule has 164 valence electrons. The van der Waals surface area contributed by atoms with Crippen LogP contribution in [0.2, 0.25) is 0 Å². The average molecular weight is 431 g/mol. The maximum atomic E-state index is 12.8. The third-order valence-corrected chi connectivity index (χ3v) is 5.50. The number of primary amides is 1. The van der Waals surface area contributed by atoms with Gasteiger partial charge in [-0.1, -0.05) is 30.3 Å². The molecule has 2 aromatic carbocycles. The first-order valence-electron chi connectivity index (χ1n) is 10.7. The summed E-state index contributed by atoms with van der Waals surface area (Å²) in [6.07, 6.45) is 3.43. The van der Waals surface area contributed by atoms with Gasteiger partial charge in [0.05, 0.1) is 5.92 Å². The van der Waals surface area contributed by atoms with Crippen LogP contribution in [0.4, 0.5) is 5.69 Å². The minimum absolute atomic E-state index is 0.0749. The van der Waals surface area contributed by atoms with E-state index in [1.165, 1.54) is 0 Å². The zero-order chi connectivity index (χ0) is 22.3. The van der Waals surface area contributed by atoms with Gasteiger partial charge in [-0.15, -0.1) is 0 Å². The Kier molecular flexibility index (Phi) is 6.77. The Morgan fingerprint density at radius 3 is 2.59 bits per heavy atom. The van der Waals surface area contributed by atoms with E-state index < -0.39 is 0 Å². The smallest absolute Gasteiger partial charge is 0.261 e. The van der Waals surface area contributed by atoms with Gasteiger partial charge in [-0.05, 0) is 61.3 Å². The van der Waals surface area contributed by atoms with Crippen LogP contribution in [-0.2, 0) is 11.3 Å². The number of piperidine rings is 1. The zero-order valence-electron chi connectivity index (χ0n) is 17.7. The summed E-state index contributed by atoms with van der Waals surface area (Å²) in [7, 11) is 0. The molecule has 32 heavy (non-hydrogen) atoms. The maximum Gasteiger partial charge on any atom is 0.261 e. The standard InChI is InChI=1S/C25H26N4O3/c26-23(30)19-6-5-15-29(17-19)16-18-10-12-20(13-11-18)28-24(31)22-9-4-14-27-25(22)32-21-7-2-1-3-8-21/h1-4,7-14,19H,5-6,15-17H2,(H2,26,30)(H,28,31). The topological polar surface area (TPSA) is 97.6 Å². The first-order chi connectivity index (χ1) is 15.6. The Balaban J connectivity index is 1.39. The molecule has 7 nitrogen and oxygen atoms in total. The summed E-state index contributed by atoms with van der Waals surface area (Å²) in [6.45, 7) is 2.39. The fourth-order valence-electron chi connectivity index (χ4n) is 3.83. The van der Waals surface area contributed by atoms with E-state index in [1.807, 2.05) is 54.6 Å². The van der Waals surface area contributed by atoms with Crippen molar-refractivity contribution in [3.63, 3.8) is 0 Å². The summed E-state index contributed by atoms with van der Waals surface area (Å²) in [5.41, 5.74) is 7.62. The van der Waals surface area contributed by atoms with Gasteiger partial charge < -0.3 is 15.8 Å². The number of carbonyl (C=O) groups excluding carboxylic acids is 2. The van der Waals surface area contributed by atoms with Crippen LogP contribution in [0.3, 0.4) is 0 Å². The van der Waals surface area contributed by atoms with Crippen molar-refractivity contribution in [2.24, 2.45) is 11.7 Å². The van der Waals surface area contributed by atoms with Crippen LogP contribution in [0.5, 0.6) is 11.6 Å². The Hall–Kier alpha value is -3.71. The molecule has 1 aromatic heterocycles. The van der Waals surface area contributed by atoms with Crippen molar-refractivity contribution in [3.8, 4) is 11.6 Å². The van der Waals surface area contributed by atoms with Gasteiger partial charge in [0.1, 0.15) is 11.3 Å². The number of rotatable bonds is 7. The number of pyridine rings is 1. The number of hydrogen-bond acceptors (Lipinski definition) is 5. The number of para-hydroxylation sites is 1. The third-order valence-electron chi connectivity index (χ3n) is 5.50. The Labute approximate surface area is 187 Å². The number of nitrogens with two attached hydrogens (primary N) is 1. The van der Waals surface area contributed by atoms with Gasteiger partial charge in [-0.25, -0.2) is 4.98 Å². The van der Waals surface area contributed by atoms with E-state index in [2.05, 4.69) is 15.2 Å². The summed E-state index contributed by atoms with van der Waals surface area (Å²) in [6, 6.07) is 20.3. The van der Waals surface area contributed by atoms with Crippen molar-refractivity contribution < 1.29 is 14.3 Å². The molecule has 7 heteroatoms. The molecular weight excluding hydrogens is 404 g/mol. The number of likely N-dealkylation sites (tertiary alicyclic amines) is 1. The van der Waals surface area contributed by atoms with Gasteiger partial charge in [0.25, 0.3) is 5.91 Å². The number of hydrogen-bond donors (Lipinski definition) is 2. The van der Waals surface area contributed by atoms with E-state index in [9.17, 15) is 9.59 Å². The van der Waals surface area contributed by atoms with Crippen molar-refractivity contribution in [2.45, 2.75) is 19.4 Å². The quantitative estimate of drug-likeness (QED) is 0.594. The van der Waals surface area contributed by atoms with Crippen molar-refractivity contribution in [1.29, 1.82) is 0 Å². The van der Waals surface area contributed by atoms with Crippen molar-refractivity contribution in [2.75, 3.05) is 18.4 Å². The van der Waals surface area contributed by atoms with Crippen LogP contribution in [0.15, 0.2) is 72.9 Å². The molecule has 3 N–H and O–H groups in total. The summed E-state index contributed by atoms with van der Waals surface area (Å²) >= 11 is 0. The fourth-order valence-corrected chi connectivity index (χ4v) is 3.83. The molecule has 0 spiro atoms. The number of nitrogens with zero attached hydrogens (tertiary/aromatic N) is 2. The van der Waals surface area contributed by atoms with Crippen molar-refractivity contribution >= 4 is 17.5 Å². The van der Waals surface area contributed by atoms with Gasteiger partial charge in [0.2, 0.25) is 11.8 Å². The molecule has 2 amide bonds. The van der Waals surface area contributed by atoms with Crippen LogP contribution in [0.25, 0.3) is 0 Å². The molecule has 3 aromatic rings. The number of carbonyl (C=O) groups is 2. The second-order valence-electron chi connectivity index (χ2n) is 7.90. The molecule has 4 rings (SSSR count). The SMILES string of the molecule is NC(=O)C1CCCN(Cc2ccc(NC(=O)c3cccnc3Oc3ccccc3)cc2)C1. The van der Waals surface area contributed by atoms with E-state index >= 15 is 0 Å². The minimum atomic E-state index is -0.294. The lowest BCUT2D eigenvalue weighted by atomic mass is 9.97. The lowest BCUT2D eigenvalue weighted by molar-refractivity contribution is -0.123. The number of amides is 2. The number of aromatic nitrogens is 1. The highest BCUT2D eigenvalue weighted by Crippen LogP contribution is 2.24. The predicted molar refractivity (Wildman–Crippen MR) is 122 cm³/mol. The van der Waals surface area contributed by atoms with E-state index in [4.69, 9.17) is 10.5 Å². The zero-order valence-corrected chi connectivity index (χ0v) is 17.7. The minimum Gasteiger partial charge on any atom is -0.438 e. The van der Waals surface area contributed by atoms with Crippen LogP contribution in [-0.4, -0.2) is 34.8 Å². The van der Waals surface area contributed by atoms with Crippen LogP contribution < -0.4 is 15.8 Å². The molecular formula is C25H26N4O3. The van der Waals surface area contributed by atoms with Gasteiger partial charge in [0.15, 0.2) is 0 Å². The molecule has 2 heterocycles. The first-order valence-corrected chi connectivity index (χ1v) is 10.7. The molecule has 0 saturated carbocycles. The molecule has 1 unspecified atom stereocenters. The largest absolute Gasteiger partial charge is 0.438 e. The summed E-state index contributed by atoms with van der Waals surface area (Å²) in [4.78, 5) is 30.8. The van der Waals surface area contributed by atoms with Gasteiger partial charge >= 0.3 is 0 Å². The molecule has 1 atom stereocenters. The molecule has 0 aliphatic carbocycles. The summed E-state index contributed by atoms with van der Waals surface area (Å²) in [5, 5.41) is 2.90. The highest BCUT2D eigenvalue weighted by Gasteiger charge is 2.23. The van der Waals surface area contributed by atoms with E-state index in [1.54, 1.807) is 18.3 Å². The Bertz CT molecular complexity index is 1070. The van der Waals surface area contributed by atoms with E-state index in [0.717, 1.165) is 31.5 Å². The Morgan fingerprint density at radius 2 is 1.84 bits per heavy atom. The molecule has 1 aliphatic heterocycles. The number of ether oxygens (including phenoxy) is 1. The van der Waals surface area contributed by atoms with E-state index in [-0.39, 0.29) is 23.6 Å². The lowest BCUT2D eigenvalue weighted by Gasteiger charge is -2.31. The molecule has 1 fully saturated rings. The van der Waals surface area contributed by atoms with E-state index in [0.29, 0.717) is 23.5 Å². The molecule has 0 bridgehead atoms. The van der Waals surface area contributed by atoms with Gasteiger partial charge in [-0.2, -0.15) is 0 Å². The maximum absolute atomic E-state index is 12.8. The highest BCUT2D eigenvalue weighted by molar-refractivity contribution is 6.05. The molecule has 1 aliphatic rings. The monoisotopic (exact) mass is 430 g/mol. The van der Waals surface area contributed by atoms with Gasteiger partial charge in [-0.3, -0.25) is 14.5 Å². The van der Waals surface area contributed by atoms with Crippen LogP contribution >= 0.6 is 0 Å². The number of anilines is 1. The highest BCUT2D eigenvalue weighted by atomic mass is 16.5. The average Bonchev–Trinajstić information content (AvgIpc) is 2.81. The molecule has 0 radical (unpaired) electrons. The third kappa shape index (κ3) is 5.50. The lowest BCUT2D eigenvalue weighted by Crippen LogP contribution is -2.40. The fraction of sp³-hybridized carbons (Fsp3) is 0.240. The van der Waals surface area contributed by atoms with Crippen molar-refractivity contribution in [1.82, 2.24) is 9.88 Å². The first kappa shape index (κ1) is 21.5. The Morgan fingerprint density at radius 1 is 1.06 bits per heavy atom.